The Hall–Kier alpha value is -2.85. The van der Waals surface area contributed by atoms with Gasteiger partial charge in [-0.15, -0.1) is 0 Å². The van der Waals surface area contributed by atoms with Gasteiger partial charge in [0.15, 0.2) is 0 Å². The van der Waals surface area contributed by atoms with Gasteiger partial charge in [-0.05, 0) is 46.2 Å². The van der Waals surface area contributed by atoms with Crippen LogP contribution in [0.1, 0.15) is 27.6 Å². The van der Waals surface area contributed by atoms with Crippen LogP contribution in [0.15, 0.2) is 60.7 Å². The number of fused-ring (bicyclic) bond motifs is 2. The van der Waals surface area contributed by atoms with Gasteiger partial charge in [0.2, 0.25) is 0 Å². The van der Waals surface area contributed by atoms with E-state index in [1.165, 1.54) is 0 Å². The SMILES string of the molecule is O=C(NCC(O)c1ccc2ccccc2c1)c1ccc2c(c1)CCO2. The van der Waals surface area contributed by atoms with E-state index in [4.69, 9.17) is 4.74 Å². The van der Waals surface area contributed by atoms with Gasteiger partial charge < -0.3 is 15.2 Å². The van der Waals surface area contributed by atoms with Crippen LogP contribution in [-0.4, -0.2) is 24.2 Å². The highest BCUT2D eigenvalue weighted by atomic mass is 16.5. The van der Waals surface area contributed by atoms with Crippen molar-refractivity contribution < 1.29 is 14.6 Å². The number of carbonyl (C=O) groups is 1. The summed E-state index contributed by atoms with van der Waals surface area (Å²) in [5, 5.41) is 15.4. The zero-order chi connectivity index (χ0) is 17.2. The lowest BCUT2D eigenvalue weighted by Gasteiger charge is -2.13. The molecule has 0 saturated carbocycles. The Balaban J connectivity index is 1.43. The minimum Gasteiger partial charge on any atom is -0.493 e. The standard InChI is InChI=1S/C21H19NO3/c23-19(16-6-5-14-3-1-2-4-15(14)11-16)13-22-21(24)18-7-8-20-17(12-18)9-10-25-20/h1-8,11-12,19,23H,9-10,13H2,(H,22,24). The lowest BCUT2D eigenvalue weighted by Crippen LogP contribution is -2.28. The summed E-state index contributed by atoms with van der Waals surface area (Å²) >= 11 is 0. The molecular formula is C21H19NO3. The van der Waals surface area contributed by atoms with Crippen molar-refractivity contribution in [1.82, 2.24) is 5.32 Å². The zero-order valence-corrected chi connectivity index (χ0v) is 13.7. The molecule has 3 aromatic carbocycles. The van der Waals surface area contributed by atoms with Crippen molar-refractivity contribution >= 4 is 16.7 Å². The molecule has 0 fully saturated rings. The minimum absolute atomic E-state index is 0.171. The summed E-state index contributed by atoms with van der Waals surface area (Å²) in [7, 11) is 0. The molecule has 3 aromatic rings. The third-order valence-corrected chi connectivity index (χ3v) is 4.57. The molecule has 0 aromatic heterocycles. The van der Waals surface area contributed by atoms with Crippen LogP contribution in [0.3, 0.4) is 0 Å². The van der Waals surface area contributed by atoms with Gasteiger partial charge in [-0.25, -0.2) is 0 Å². The maximum atomic E-state index is 12.3. The van der Waals surface area contributed by atoms with Crippen LogP contribution in [0.5, 0.6) is 5.75 Å². The van der Waals surface area contributed by atoms with Crippen LogP contribution >= 0.6 is 0 Å². The molecule has 4 nitrogen and oxygen atoms in total. The van der Waals surface area contributed by atoms with E-state index in [1.807, 2.05) is 54.6 Å². The predicted molar refractivity (Wildman–Crippen MR) is 96.9 cm³/mol. The third kappa shape index (κ3) is 3.21. The van der Waals surface area contributed by atoms with Crippen LogP contribution < -0.4 is 10.1 Å². The average molecular weight is 333 g/mol. The number of nitrogens with one attached hydrogen (secondary N) is 1. The molecule has 1 aliphatic rings. The summed E-state index contributed by atoms with van der Waals surface area (Å²) in [4.78, 5) is 12.3. The smallest absolute Gasteiger partial charge is 0.251 e. The van der Waals surface area contributed by atoms with Gasteiger partial charge in [-0.1, -0.05) is 36.4 Å². The van der Waals surface area contributed by atoms with E-state index >= 15 is 0 Å². The van der Waals surface area contributed by atoms with Crippen LogP contribution in [0.25, 0.3) is 10.8 Å². The van der Waals surface area contributed by atoms with Gasteiger partial charge in [-0.2, -0.15) is 0 Å². The molecule has 0 aliphatic carbocycles. The molecule has 1 aliphatic heterocycles. The molecule has 1 heterocycles. The van der Waals surface area contributed by atoms with E-state index in [0.29, 0.717) is 12.2 Å². The summed E-state index contributed by atoms with van der Waals surface area (Å²) in [5.74, 6) is 0.669. The molecule has 126 valence electrons. The topological polar surface area (TPSA) is 58.6 Å². The quantitative estimate of drug-likeness (QED) is 0.771. The first-order chi connectivity index (χ1) is 12.2. The Kier molecular flexibility index (Phi) is 4.12. The molecule has 0 bridgehead atoms. The van der Waals surface area contributed by atoms with E-state index in [2.05, 4.69) is 5.32 Å². The Morgan fingerprint density at radius 1 is 1.08 bits per heavy atom. The number of amides is 1. The Bertz CT molecular complexity index is 935. The normalized spacial score (nSPS) is 14.0. The molecule has 1 unspecified atom stereocenters. The summed E-state index contributed by atoms with van der Waals surface area (Å²) in [6, 6.07) is 19.3. The van der Waals surface area contributed by atoms with E-state index in [-0.39, 0.29) is 12.5 Å². The zero-order valence-electron chi connectivity index (χ0n) is 13.7. The van der Waals surface area contributed by atoms with Crippen molar-refractivity contribution in [1.29, 1.82) is 0 Å². The molecule has 0 radical (unpaired) electrons. The van der Waals surface area contributed by atoms with Gasteiger partial charge >= 0.3 is 0 Å². The van der Waals surface area contributed by atoms with E-state index in [1.54, 1.807) is 6.07 Å². The number of aliphatic hydroxyl groups excluding tert-OH is 1. The highest BCUT2D eigenvalue weighted by molar-refractivity contribution is 5.94. The van der Waals surface area contributed by atoms with Gasteiger partial charge in [0.05, 0.1) is 12.7 Å². The van der Waals surface area contributed by atoms with Gasteiger partial charge in [0.1, 0.15) is 5.75 Å². The van der Waals surface area contributed by atoms with E-state index in [9.17, 15) is 9.90 Å². The summed E-state index contributed by atoms with van der Waals surface area (Å²) in [6.07, 6.45) is 0.0854. The first kappa shape index (κ1) is 15.7. The van der Waals surface area contributed by atoms with Crippen molar-refractivity contribution in [3.8, 4) is 5.75 Å². The lowest BCUT2D eigenvalue weighted by molar-refractivity contribution is 0.0916. The Labute approximate surface area is 146 Å². The maximum absolute atomic E-state index is 12.3. The Morgan fingerprint density at radius 3 is 2.80 bits per heavy atom. The van der Waals surface area contributed by atoms with E-state index in [0.717, 1.165) is 34.1 Å². The molecule has 4 heteroatoms. The van der Waals surface area contributed by atoms with Crippen molar-refractivity contribution in [2.24, 2.45) is 0 Å². The fourth-order valence-corrected chi connectivity index (χ4v) is 3.15. The minimum atomic E-state index is -0.744. The second-order valence-corrected chi connectivity index (χ2v) is 6.25. The lowest BCUT2D eigenvalue weighted by atomic mass is 10.0. The monoisotopic (exact) mass is 333 g/mol. The van der Waals surface area contributed by atoms with Crippen molar-refractivity contribution in [3.63, 3.8) is 0 Å². The molecule has 1 amide bonds. The molecule has 2 N–H and O–H groups in total. The highest BCUT2D eigenvalue weighted by Gasteiger charge is 2.16. The summed E-state index contributed by atoms with van der Waals surface area (Å²) < 4.78 is 5.45. The van der Waals surface area contributed by atoms with Crippen LogP contribution in [0, 0.1) is 0 Å². The largest absolute Gasteiger partial charge is 0.493 e. The summed E-state index contributed by atoms with van der Waals surface area (Å²) in [6.45, 7) is 0.839. The van der Waals surface area contributed by atoms with E-state index < -0.39 is 6.10 Å². The number of benzene rings is 3. The molecule has 25 heavy (non-hydrogen) atoms. The van der Waals surface area contributed by atoms with Crippen molar-refractivity contribution in [2.45, 2.75) is 12.5 Å². The van der Waals surface area contributed by atoms with Crippen LogP contribution in [0.4, 0.5) is 0 Å². The first-order valence-corrected chi connectivity index (χ1v) is 8.41. The maximum Gasteiger partial charge on any atom is 0.251 e. The fraction of sp³-hybridized carbons (Fsp3) is 0.190. The first-order valence-electron chi connectivity index (χ1n) is 8.41. The number of hydrogen-bond acceptors (Lipinski definition) is 3. The molecular weight excluding hydrogens is 314 g/mol. The summed E-state index contributed by atoms with van der Waals surface area (Å²) in [5.41, 5.74) is 2.44. The molecule has 4 rings (SSSR count). The molecule has 1 atom stereocenters. The predicted octanol–water partition coefficient (Wildman–Crippen LogP) is 3.24. The third-order valence-electron chi connectivity index (χ3n) is 4.57. The van der Waals surface area contributed by atoms with Crippen molar-refractivity contribution in [3.05, 3.63) is 77.4 Å². The fourth-order valence-electron chi connectivity index (χ4n) is 3.15. The number of aliphatic hydroxyl groups is 1. The van der Waals surface area contributed by atoms with Crippen LogP contribution in [-0.2, 0) is 6.42 Å². The second kappa shape index (κ2) is 6.57. The van der Waals surface area contributed by atoms with Gasteiger partial charge in [0.25, 0.3) is 5.91 Å². The average Bonchev–Trinajstić information content (AvgIpc) is 3.13. The van der Waals surface area contributed by atoms with Crippen molar-refractivity contribution in [2.75, 3.05) is 13.2 Å². The number of hydrogen-bond donors (Lipinski definition) is 2. The second-order valence-electron chi connectivity index (χ2n) is 6.25. The molecule has 0 saturated heterocycles. The number of rotatable bonds is 4. The Morgan fingerprint density at radius 2 is 1.92 bits per heavy atom. The van der Waals surface area contributed by atoms with Gasteiger partial charge in [-0.3, -0.25) is 4.79 Å². The van der Waals surface area contributed by atoms with Crippen LogP contribution in [0.2, 0.25) is 0 Å². The number of carbonyl (C=O) groups excluding carboxylic acids is 1. The molecule has 0 spiro atoms. The highest BCUT2D eigenvalue weighted by Crippen LogP contribution is 2.26. The van der Waals surface area contributed by atoms with Gasteiger partial charge in [0, 0.05) is 18.5 Å². The number of ether oxygens (including phenoxy) is 1.